The Hall–Kier alpha value is -5.00. The molecule has 1 amide bonds. The number of ether oxygens (including phenoxy) is 1. The lowest BCUT2D eigenvalue weighted by Gasteiger charge is -2.18. The van der Waals surface area contributed by atoms with Crippen molar-refractivity contribution in [2.24, 2.45) is 0 Å². The zero-order valence-electron chi connectivity index (χ0n) is 25.2. The Kier molecular flexibility index (Phi) is 9.60. The van der Waals surface area contributed by atoms with Gasteiger partial charge in [-0.3, -0.25) is 4.79 Å². The van der Waals surface area contributed by atoms with Crippen molar-refractivity contribution < 1.29 is 22.4 Å². The first-order valence-electron chi connectivity index (χ1n) is 14.3. The molecule has 1 heterocycles. The minimum Gasteiger partial charge on any atom is -0.497 e. The topological polar surface area (TPSA) is 131 Å². The zero-order chi connectivity index (χ0) is 32.0. The molecule has 0 saturated heterocycles. The quantitative estimate of drug-likeness (QED) is 0.190. The number of benzene rings is 4. The van der Waals surface area contributed by atoms with E-state index in [4.69, 9.17) is 9.15 Å². The molecule has 0 aliphatic rings. The van der Waals surface area contributed by atoms with E-state index in [-0.39, 0.29) is 35.2 Å². The molecular formula is C34H34N4O6S. The largest absolute Gasteiger partial charge is 0.497 e. The normalized spacial score (nSPS) is 11.4. The maximum atomic E-state index is 13.2. The Labute approximate surface area is 261 Å². The van der Waals surface area contributed by atoms with Gasteiger partial charge < -0.3 is 19.4 Å². The van der Waals surface area contributed by atoms with E-state index in [0.717, 1.165) is 11.1 Å². The smallest absolute Gasteiger partial charge is 0.348 e. The summed E-state index contributed by atoms with van der Waals surface area (Å²) in [6, 6.07) is 26.6. The molecule has 0 spiro atoms. The zero-order valence-corrected chi connectivity index (χ0v) is 26.1. The number of rotatable bonds is 12. The molecule has 0 radical (unpaired) electrons. The van der Waals surface area contributed by atoms with Crippen molar-refractivity contribution in [1.29, 1.82) is 0 Å². The van der Waals surface area contributed by atoms with Crippen molar-refractivity contribution in [3.05, 3.63) is 124 Å². The van der Waals surface area contributed by atoms with Crippen molar-refractivity contribution in [2.75, 3.05) is 19.5 Å². The summed E-state index contributed by atoms with van der Waals surface area (Å²) in [5.74, 6) is 0.573. The summed E-state index contributed by atoms with van der Waals surface area (Å²) in [6.45, 7) is 2.23. The Bertz CT molecular complexity index is 1980. The van der Waals surface area contributed by atoms with Gasteiger partial charge in [-0.05, 0) is 59.9 Å². The van der Waals surface area contributed by atoms with E-state index >= 15 is 0 Å². The fourth-order valence-corrected chi connectivity index (χ4v) is 6.00. The highest BCUT2D eigenvalue weighted by Gasteiger charge is 2.18. The van der Waals surface area contributed by atoms with E-state index in [1.54, 1.807) is 68.4 Å². The number of carbonyl (C=O) groups excluding carboxylic acids is 1. The lowest BCUT2D eigenvalue weighted by molar-refractivity contribution is -0.130. The fourth-order valence-electron chi connectivity index (χ4n) is 4.97. The van der Waals surface area contributed by atoms with E-state index in [1.807, 2.05) is 36.4 Å². The van der Waals surface area contributed by atoms with Gasteiger partial charge in [-0.2, -0.15) is 4.98 Å². The molecule has 0 saturated carbocycles. The van der Waals surface area contributed by atoms with Crippen LogP contribution < -0.4 is 20.4 Å². The number of sulfonamides is 1. The third-order valence-electron chi connectivity index (χ3n) is 7.53. The number of hydrogen-bond donors (Lipinski definition) is 2. The number of fused-ring (bicyclic) bond motifs is 1. The monoisotopic (exact) mass is 626 g/mol. The summed E-state index contributed by atoms with van der Waals surface area (Å²) in [7, 11) is -0.400. The summed E-state index contributed by atoms with van der Waals surface area (Å²) < 4.78 is 38.9. The SMILES string of the molecule is COc1ccc(CCC(=O)N(C)Cc2ccccc2)c(Nc2nc3ccc(CNS(=O)(=O)c4ccccc4)c(C)c3c(=O)o2)c1. The summed E-state index contributed by atoms with van der Waals surface area (Å²) >= 11 is 0. The average Bonchev–Trinajstić information content (AvgIpc) is 3.04. The number of anilines is 2. The predicted molar refractivity (Wildman–Crippen MR) is 173 cm³/mol. The number of hydrogen-bond acceptors (Lipinski definition) is 8. The van der Waals surface area contributed by atoms with Gasteiger partial charge in [0.15, 0.2) is 0 Å². The van der Waals surface area contributed by atoms with E-state index in [1.165, 1.54) is 12.1 Å². The standard InChI is InChI=1S/C34H34N4O6S/c1-23-26(21-35-45(41,42)28-12-8-5-9-13-28)15-18-29-32(23)33(40)44-34(36-29)37-30-20-27(43-3)17-14-25(30)16-19-31(39)38(2)22-24-10-6-4-7-11-24/h4-15,17-18,20,35H,16,19,21-22H2,1-3H3,(H,36,37). The Morgan fingerprint density at radius 3 is 2.36 bits per heavy atom. The molecule has 0 aliphatic carbocycles. The summed E-state index contributed by atoms with van der Waals surface area (Å²) in [5, 5.41) is 3.36. The van der Waals surface area contributed by atoms with E-state index in [9.17, 15) is 18.0 Å². The fraction of sp³-hybridized carbons (Fsp3) is 0.206. The first kappa shape index (κ1) is 31.4. The molecule has 232 valence electrons. The van der Waals surface area contributed by atoms with E-state index in [0.29, 0.717) is 41.0 Å². The maximum Gasteiger partial charge on any atom is 0.348 e. The highest BCUT2D eigenvalue weighted by molar-refractivity contribution is 7.89. The number of carbonyl (C=O) groups is 1. The van der Waals surface area contributed by atoms with Crippen molar-refractivity contribution in [3.8, 4) is 5.75 Å². The van der Waals surface area contributed by atoms with Crippen LogP contribution in [0.4, 0.5) is 11.7 Å². The molecule has 4 aromatic carbocycles. The van der Waals surface area contributed by atoms with Gasteiger partial charge in [0, 0.05) is 38.3 Å². The molecule has 1 aromatic heterocycles. The minimum absolute atomic E-state index is 0.00618. The van der Waals surface area contributed by atoms with Crippen LogP contribution in [-0.4, -0.2) is 38.4 Å². The van der Waals surface area contributed by atoms with Gasteiger partial charge in [0.2, 0.25) is 15.9 Å². The molecule has 10 nitrogen and oxygen atoms in total. The summed E-state index contributed by atoms with van der Waals surface area (Å²) in [4.78, 5) is 32.5. The summed E-state index contributed by atoms with van der Waals surface area (Å²) in [5.41, 5.74) is 3.42. The molecule has 11 heteroatoms. The van der Waals surface area contributed by atoms with Gasteiger partial charge in [-0.1, -0.05) is 60.7 Å². The van der Waals surface area contributed by atoms with Crippen LogP contribution in [0.3, 0.4) is 0 Å². The number of aryl methyl sites for hydroxylation is 2. The molecule has 5 aromatic rings. The Morgan fingerprint density at radius 1 is 0.956 bits per heavy atom. The van der Waals surface area contributed by atoms with Crippen LogP contribution in [0, 0.1) is 6.92 Å². The van der Waals surface area contributed by atoms with Crippen molar-refractivity contribution in [1.82, 2.24) is 14.6 Å². The van der Waals surface area contributed by atoms with Crippen LogP contribution in [0.2, 0.25) is 0 Å². The van der Waals surface area contributed by atoms with Crippen LogP contribution in [-0.2, 0) is 34.3 Å². The number of methoxy groups -OCH3 is 1. The van der Waals surface area contributed by atoms with Crippen molar-refractivity contribution in [3.63, 3.8) is 0 Å². The average molecular weight is 627 g/mol. The Balaban J connectivity index is 1.33. The second-order valence-corrected chi connectivity index (χ2v) is 12.3. The van der Waals surface area contributed by atoms with Gasteiger partial charge in [-0.15, -0.1) is 0 Å². The van der Waals surface area contributed by atoms with E-state index in [2.05, 4.69) is 15.0 Å². The second-order valence-electron chi connectivity index (χ2n) is 10.6. The lowest BCUT2D eigenvalue weighted by atomic mass is 10.0. The molecule has 0 atom stereocenters. The molecule has 0 bridgehead atoms. The third-order valence-corrected chi connectivity index (χ3v) is 8.95. The van der Waals surface area contributed by atoms with Crippen molar-refractivity contribution >= 4 is 38.5 Å². The molecule has 5 rings (SSSR count). The number of nitrogens with zero attached hydrogens (tertiary/aromatic N) is 2. The second kappa shape index (κ2) is 13.7. The van der Waals surface area contributed by atoms with Gasteiger partial charge in [0.05, 0.1) is 22.9 Å². The first-order chi connectivity index (χ1) is 21.6. The molecular weight excluding hydrogens is 592 g/mol. The summed E-state index contributed by atoms with van der Waals surface area (Å²) in [6.07, 6.45) is 0.707. The molecule has 0 unspecified atom stereocenters. The van der Waals surface area contributed by atoms with Crippen molar-refractivity contribution in [2.45, 2.75) is 37.8 Å². The van der Waals surface area contributed by atoms with Crippen LogP contribution in [0.15, 0.2) is 105 Å². The number of nitrogens with one attached hydrogen (secondary N) is 2. The molecule has 0 aliphatic heterocycles. The van der Waals surface area contributed by atoms with Gasteiger partial charge in [0.1, 0.15) is 5.75 Å². The first-order valence-corrected chi connectivity index (χ1v) is 15.8. The van der Waals surface area contributed by atoms with Gasteiger partial charge in [-0.25, -0.2) is 17.9 Å². The molecule has 45 heavy (non-hydrogen) atoms. The number of aromatic nitrogens is 1. The Morgan fingerprint density at radius 2 is 1.64 bits per heavy atom. The lowest BCUT2D eigenvalue weighted by Crippen LogP contribution is -2.26. The maximum absolute atomic E-state index is 13.2. The van der Waals surface area contributed by atoms with Gasteiger partial charge >= 0.3 is 11.6 Å². The van der Waals surface area contributed by atoms with E-state index < -0.39 is 15.6 Å². The van der Waals surface area contributed by atoms with Gasteiger partial charge in [0.25, 0.3) is 0 Å². The van der Waals surface area contributed by atoms with Crippen LogP contribution >= 0.6 is 0 Å². The van der Waals surface area contributed by atoms with Crippen LogP contribution in [0.1, 0.15) is 28.7 Å². The predicted octanol–water partition coefficient (Wildman–Crippen LogP) is 5.32. The molecule has 2 N–H and O–H groups in total. The van der Waals surface area contributed by atoms with Crippen LogP contribution in [0.25, 0.3) is 10.9 Å². The number of amides is 1. The highest BCUT2D eigenvalue weighted by Crippen LogP contribution is 2.28. The minimum atomic E-state index is -3.73. The molecule has 0 fully saturated rings. The third kappa shape index (κ3) is 7.57. The van der Waals surface area contributed by atoms with Crippen LogP contribution in [0.5, 0.6) is 5.75 Å². The highest BCUT2D eigenvalue weighted by atomic mass is 32.2.